The number of fused-ring (bicyclic) bond motifs is 4. The molecule has 30 heavy (non-hydrogen) atoms. The zero-order chi connectivity index (χ0) is 21.9. The molecule has 2 N–H and O–H groups in total. The van der Waals surface area contributed by atoms with Gasteiger partial charge in [-0.15, -0.1) is 0 Å². The number of halogens is 1. The number of amides is 2. The van der Waals surface area contributed by atoms with Gasteiger partial charge >= 0.3 is 6.09 Å². The van der Waals surface area contributed by atoms with E-state index in [4.69, 9.17) is 4.74 Å². The van der Waals surface area contributed by atoms with E-state index in [2.05, 4.69) is 15.6 Å². The van der Waals surface area contributed by atoms with Gasteiger partial charge in [-0.3, -0.25) is 9.78 Å². The van der Waals surface area contributed by atoms with Crippen molar-refractivity contribution in [3.8, 4) is 11.3 Å². The normalized spacial score (nSPS) is 19.0. The van der Waals surface area contributed by atoms with Crippen molar-refractivity contribution >= 4 is 17.7 Å². The molecule has 0 saturated carbocycles. The zero-order valence-electron chi connectivity index (χ0n) is 17.5. The number of hydrogen-bond acceptors (Lipinski definition) is 4. The Morgan fingerprint density at radius 1 is 1.27 bits per heavy atom. The maximum Gasteiger partial charge on any atom is 0.408 e. The molecule has 1 aromatic heterocycles. The van der Waals surface area contributed by atoms with Gasteiger partial charge in [0.25, 0.3) is 0 Å². The number of carbonyl (C=O) groups excluding carboxylic acids is 2. The predicted molar refractivity (Wildman–Crippen MR) is 113 cm³/mol. The van der Waals surface area contributed by atoms with Gasteiger partial charge in [0, 0.05) is 11.8 Å². The molecule has 2 heterocycles. The van der Waals surface area contributed by atoms with Crippen molar-refractivity contribution in [1.82, 2.24) is 10.3 Å². The number of ether oxygens (including phenoxy) is 1. The van der Waals surface area contributed by atoms with Gasteiger partial charge < -0.3 is 15.4 Å². The fourth-order valence-corrected chi connectivity index (χ4v) is 3.13. The minimum Gasteiger partial charge on any atom is -0.444 e. The summed E-state index contributed by atoms with van der Waals surface area (Å²) in [5.74, 6) is -1.05. The second kappa shape index (κ2) is 8.65. The van der Waals surface area contributed by atoms with E-state index in [1.807, 2.05) is 6.08 Å². The molecule has 2 bridgehead atoms. The Morgan fingerprint density at radius 3 is 2.77 bits per heavy atom. The first-order valence-electron chi connectivity index (χ1n) is 9.85. The zero-order valence-corrected chi connectivity index (χ0v) is 17.5. The van der Waals surface area contributed by atoms with Gasteiger partial charge in [-0.25, -0.2) is 9.18 Å². The van der Waals surface area contributed by atoms with Crippen LogP contribution in [-0.2, 0) is 9.53 Å². The average Bonchev–Trinajstić information content (AvgIpc) is 2.66. The number of benzene rings is 1. The molecule has 0 fully saturated rings. The summed E-state index contributed by atoms with van der Waals surface area (Å²) in [4.78, 5) is 29.3. The van der Waals surface area contributed by atoms with E-state index >= 15 is 0 Å². The summed E-state index contributed by atoms with van der Waals surface area (Å²) < 4.78 is 19.4. The topological polar surface area (TPSA) is 80.3 Å². The molecule has 2 aromatic rings. The lowest BCUT2D eigenvalue weighted by atomic mass is 9.99. The van der Waals surface area contributed by atoms with Crippen molar-refractivity contribution < 1.29 is 18.7 Å². The number of pyridine rings is 1. The van der Waals surface area contributed by atoms with E-state index in [1.54, 1.807) is 52.1 Å². The Kier molecular flexibility index (Phi) is 6.20. The highest BCUT2D eigenvalue weighted by Gasteiger charge is 2.22. The fraction of sp³-hybridized carbons (Fsp3) is 0.348. The van der Waals surface area contributed by atoms with Crippen molar-refractivity contribution in [3.63, 3.8) is 0 Å². The van der Waals surface area contributed by atoms with Gasteiger partial charge in [-0.05, 0) is 63.1 Å². The summed E-state index contributed by atoms with van der Waals surface area (Å²) >= 11 is 0. The Labute approximate surface area is 175 Å². The summed E-state index contributed by atoms with van der Waals surface area (Å²) in [6.07, 6.45) is 5.16. The van der Waals surface area contributed by atoms with E-state index in [0.717, 1.165) is 5.56 Å². The van der Waals surface area contributed by atoms with Crippen LogP contribution in [0.25, 0.3) is 11.3 Å². The lowest BCUT2D eigenvalue weighted by Gasteiger charge is -2.24. The van der Waals surface area contributed by atoms with Gasteiger partial charge in [-0.2, -0.15) is 0 Å². The predicted octanol–water partition coefficient (Wildman–Crippen LogP) is 4.99. The summed E-state index contributed by atoms with van der Waals surface area (Å²) in [6, 6.07) is 7.34. The van der Waals surface area contributed by atoms with Crippen molar-refractivity contribution in [3.05, 3.63) is 60.1 Å². The van der Waals surface area contributed by atoms with Gasteiger partial charge in [-0.1, -0.05) is 19.1 Å². The molecule has 0 spiro atoms. The van der Waals surface area contributed by atoms with Crippen LogP contribution in [-0.4, -0.2) is 22.6 Å². The molecule has 0 aliphatic carbocycles. The lowest BCUT2D eigenvalue weighted by molar-refractivity contribution is -0.118. The van der Waals surface area contributed by atoms with Crippen LogP contribution < -0.4 is 10.6 Å². The highest BCUT2D eigenvalue weighted by atomic mass is 19.1. The molecular weight excluding hydrogens is 385 g/mol. The van der Waals surface area contributed by atoms with E-state index in [-0.39, 0.29) is 5.91 Å². The van der Waals surface area contributed by atoms with Crippen molar-refractivity contribution in [2.75, 3.05) is 5.32 Å². The van der Waals surface area contributed by atoms with Gasteiger partial charge in [0.1, 0.15) is 11.4 Å². The Bertz CT molecular complexity index is 982. The minimum atomic E-state index is -0.627. The van der Waals surface area contributed by atoms with Crippen LogP contribution in [0.4, 0.5) is 14.9 Å². The SMILES string of the molecule is CC1C=CCC(NC(=O)OC(C)(C)C)c2ccnc(c2)-c2cc(F)ccc2NC1=O. The lowest BCUT2D eigenvalue weighted by Crippen LogP contribution is -2.35. The number of alkyl carbamates (subject to hydrolysis) is 1. The second-order valence-electron chi connectivity index (χ2n) is 8.30. The number of rotatable bonds is 1. The molecule has 1 aromatic carbocycles. The van der Waals surface area contributed by atoms with Crippen molar-refractivity contribution in [1.29, 1.82) is 0 Å². The number of hydrogen-bond donors (Lipinski definition) is 2. The highest BCUT2D eigenvalue weighted by Crippen LogP contribution is 2.31. The van der Waals surface area contributed by atoms with Crippen LogP contribution in [0.15, 0.2) is 48.7 Å². The van der Waals surface area contributed by atoms with E-state index < -0.39 is 29.5 Å². The third kappa shape index (κ3) is 5.43. The molecule has 0 radical (unpaired) electrons. The molecular formula is C23H26FN3O3. The van der Waals surface area contributed by atoms with Crippen LogP contribution in [0.3, 0.4) is 0 Å². The second-order valence-corrected chi connectivity index (χ2v) is 8.30. The molecule has 1 aliphatic heterocycles. The van der Waals surface area contributed by atoms with Gasteiger partial charge in [0.05, 0.1) is 23.3 Å². The summed E-state index contributed by atoms with van der Waals surface area (Å²) in [7, 11) is 0. The van der Waals surface area contributed by atoms with E-state index in [9.17, 15) is 14.0 Å². The van der Waals surface area contributed by atoms with Gasteiger partial charge in [0.15, 0.2) is 0 Å². The molecule has 158 valence electrons. The van der Waals surface area contributed by atoms with Crippen LogP contribution in [0.2, 0.25) is 0 Å². The number of anilines is 1. The first-order valence-corrected chi connectivity index (χ1v) is 9.85. The highest BCUT2D eigenvalue weighted by molar-refractivity contribution is 5.97. The summed E-state index contributed by atoms with van der Waals surface area (Å²) in [6.45, 7) is 7.16. The Morgan fingerprint density at radius 2 is 2.03 bits per heavy atom. The number of nitrogens with one attached hydrogen (secondary N) is 2. The van der Waals surface area contributed by atoms with Crippen LogP contribution >= 0.6 is 0 Å². The maximum absolute atomic E-state index is 14.0. The molecule has 6 nitrogen and oxygen atoms in total. The largest absolute Gasteiger partial charge is 0.444 e. The Hall–Kier alpha value is -3.22. The van der Waals surface area contributed by atoms with E-state index in [0.29, 0.717) is 23.4 Å². The van der Waals surface area contributed by atoms with Gasteiger partial charge in [0.2, 0.25) is 5.91 Å². The third-order valence-electron chi connectivity index (χ3n) is 4.60. The Balaban J connectivity index is 2.04. The number of carbonyl (C=O) groups is 2. The van der Waals surface area contributed by atoms with Crippen molar-refractivity contribution in [2.45, 2.75) is 45.8 Å². The van der Waals surface area contributed by atoms with Crippen LogP contribution in [0.5, 0.6) is 0 Å². The molecule has 0 saturated heterocycles. The first kappa shape index (κ1) is 21.5. The molecule has 2 atom stereocenters. The molecule has 2 amide bonds. The summed E-state index contributed by atoms with van der Waals surface area (Å²) in [5.41, 5.74) is 1.61. The third-order valence-corrected chi connectivity index (χ3v) is 4.60. The van der Waals surface area contributed by atoms with Crippen LogP contribution in [0.1, 0.15) is 45.7 Å². The standard InChI is InChI=1S/C23H26FN3O3/c1-14-6-5-7-18(27-22(29)30-23(2,3)4)15-10-11-25-20(12-15)17-13-16(24)8-9-19(17)26-21(14)28/h5-6,8-14,18H,7H2,1-4H3,(H,26,28)(H,27,29). The molecule has 7 heteroatoms. The van der Waals surface area contributed by atoms with Crippen molar-refractivity contribution in [2.24, 2.45) is 5.92 Å². The minimum absolute atomic E-state index is 0.215. The molecule has 1 aliphatic rings. The maximum atomic E-state index is 14.0. The fourth-order valence-electron chi connectivity index (χ4n) is 3.13. The first-order chi connectivity index (χ1) is 14.1. The number of nitrogens with zero attached hydrogens (tertiary/aromatic N) is 1. The molecule has 2 unspecified atom stereocenters. The average molecular weight is 411 g/mol. The molecule has 3 rings (SSSR count). The summed E-state index contributed by atoms with van der Waals surface area (Å²) in [5, 5.41) is 5.73. The van der Waals surface area contributed by atoms with E-state index in [1.165, 1.54) is 18.2 Å². The number of aromatic nitrogens is 1. The monoisotopic (exact) mass is 411 g/mol. The van der Waals surface area contributed by atoms with Crippen LogP contribution in [0, 0.1) is 11.7 Å². The quantitative estimate of drug-likeness (QED) is 0.648. The smallest absolute Gasteiger partial charge is 0.408 e.